The van der Waals surface area contributed by atoms with Gasteiger partial charge in [0.15, 0.2) is 5.78 Å². The van der Waals surface area contributed by atoms with Gasteiger partial charge in [-0.25, -0.2) is 4.79 Å². The van der Waals surface area contributed by atoms with E-state index in [1.807, 2.05) is 6.92 Å². The average Bonchev–Trinajstić information content (AvgIpc) is 2.10. The molecule has 1 rings (SSSR count). The minimum absolute atomic E-state index is 0.0286. The van der Waals surface area contributed by atoms with Crippen molar-refractivity contribution in [3.05, 3.63) is 24.5 Å². The predicted octanol–water partition coefficient (Wildman–Crippen LogP) is 1.60. The third-order valence-electron chi connectivity index (χ3n) is 1.84. The topological polar surface area (TPSA) is 43.4 Å². The van der Waals surface area contributed by atoms with E-state index in [-0.39, 0.29) is 11.7 Å². The van der Waals surface area contributed by atoms with Crippen LogP contribution in [0.1, 0.15) is 19.8 Å². The maximum atomic E-state index is 11.1. The molecule has 0 spiro atoms. The first-order chi connectivity index (χ1) is 6.18. The standard InChI is InChI=1S/C10H12O3/c1-8-2-3-9(11)4-5-10(12)13-7-6-8/h4-8H,2-3H2,1H3/b5-4+,7-6+. The summed E-state index contributed by atoms with van der Waals surface area (Å²) in [6, 6.07) is 0. The number of hydrogen-bond acceptors (Lipinski definition) is 3. The zero-order valence-corrected chi connectivity index (χ0v) is 7.53. The zero-order valence-electron chi connectivity index (χ0n) is 7.53. The molecule has 0 radical (unpaired) electrons. The largest absolute Gasteiger partial charge is 0.432 e. The van der Waals surface area contributed by atoms with Gasteiger partial charge in [0.2, 0.25) is 0 Å². The fourth-order valence-corrected chi connectivity index (χ4v) is 0.990. The second-order valence-electron chi connectivity index (χ2n) is 3.08. The van der Waals surface area contributed by atoms with E-state index in [1.165, 1.54) is 12.3 Å². The Bertz CT molecular complexity index is 263. The number of carbonyl (C=O) groups excluding carboxylic acids is 2. The summed E-state index contributed by atoms with van der Waals surface area (Å²) in [6.45, 7) is 1.98. The molecule has 1 heterocycles. The van der Waals surface area contributed by atoms with Crippen LogP contribution >= 0.6 is 0 Å². The third kappa shape index (κ3) is 3.69. The lowest BCUT2D eigenvalue weighted by molar-refractivity contribution is -0.132. The highest BCUT2D eigenvalue weighted by molar-refractivity contribution is 5.95. The van der Waals surface area contributed by atoms with Gasteiger partial charge in [0, 0.05) is 12.5 Å². The molecular formula is C10H12O3. The number of esters is 1. The molecule has 13 heavy (non-hydrogen) atoms. The van der Waals surface area contributed by atoms with E-state index in [4.69, 9.17) is 0 Å². The molecule has 0 aliphatic carbocycles. The molecule has 0 aromatic heterocycles. The van der Waals surface area contributed by atoms with E-state index in [0.29, 0.717) is 6.42 Å². The molecule has 0 aromatic carbocycles. The lowest BCUT2D eigenvalue weighted by Gasteiger charge is -2.04. The van der Waals surface area contributed by atoms with Crippen molar-refractivity contribution in [2.45, 2.75) is 19.8 Å². The van der Waals surface area contributed by atoms with Crippen molar-refractivity contribution >= 4 is 11.8 Å². The van der Waals surface area contributed by atoms with Crippen LogP contribution < -0.4 is 0 Å². The lowest BCUT2D eigenvalue weighted by atomic mass is 10.0. The molecule has 3 nitrogen and oxygen atoms in total. The second kappa shape index (κ2) is 4.60. The minimum atomic E-state index is -0.501. The van der Waals surface area contributed by atoms with Crippen molar-refractivity contribution < 1.29 is 14.3 Å². The number of rotatable bonds is 0. The first kappa shape index (κ1) is 9.71. The fourth-order valence-electron chi connectivity index (χ4n) is 0.990. The molecule has 0 aromatic rings. The number of cyclic esters (lactones) is 1. The molecular weight excluding hydrogens is 168 g/mol. The van der Waals surface area contributed by atoms with Crippen LogP contribution in [0.15, 0.2) is 24.5 Å². The Hall–Kier alpha value is -1.38. The number of ether oxygens (including phenoxy) is 1. The van der Waals surface area contributed by atoms with Crippen LogP contribution in [0.2, 0.25) is 0 Å². The SMILES string of the molecule is CC1/C=C/OC(=O)/C=C/C(=O)CC1. The fraction of sp³-hybridized carbons (Fsp3) is 0.400. The lowest BCUT2D eigenvalue weighted by Crippen LogP contribution is -2.03. The number of carbonyl (C=O) groups is 2. The number of hydrogen-bond donors (Lipinski definition) is 0. The van der Waals surface area contributed by atoms with Gasteiger partial charge in [-0.05, 0) is 24.5 Å². The molecule has 3 heteroatoms. The van der Waals surface area contributed by atoms with Gasteiger partial charge in [-0.3, -0.25) is 4.79 Å². The Balaban J connectivity index is 2.66. The summed E-state index contributed by atoms with van der Waals surface area (Å²) in [4.78, 5) is 21.9. The maximum Gasteiger partial charge on any atom is 0.335 e. The van der Waals surface area contributed by atoms with Gasteiger partial charge < -0.3 is 4.74 Å². The molecule has 1 aliphatic heterocycles. The predicted molar refractivity (Wildman–Crippen MR) is 47.8 cm³/mol. The van der Waals surface area contributed by atoms with Crippen molar-refractivity contribution in [1.29, 1.82) is 0 Å². The first-order valence-electron chi connectivity index (χ1n) is 4.26. The smallest absolute Gasteiger partial charge is 0.335 e. The third-order valence-corrected chi connectivity index (χ3v) is 1.84. The maximum absolute atomic E-state index is 11.1. The molecule has 0 amide bonds. The van der Waals surface area contributed by atoms with Crippen LogP contribution in [0, 0.1) is 5.92 Å². The van der Waals surface area contributed by atoms with Gasteiger partial charge >= 0.3 is 5.97 Å². The molecule has 1 aliphatic rings. The average molecular weight is 180 g/mol. The highest BCUT2D eigenvalue weighted by atomic mass is 16.5. The van der Waals surface area contributed by atoms with Gasteiger partial charge in [0.1, 0.15) is 0 Å². The van der Waals surface area contributed by atoms with Crippen LogP contribution in [0.3, 0.4) is 0 Å². The second-order valence-corrected chi connectivity index (χ2v) is 3.08. The minimum Gasteiger partial charge on any atom is -0.432 e. The van der Waals surface area contributed by atoms with E-state index < -0.39 is 5.97 Å². The zero-order chi connectivity index (χ0) is 9.68. The normalized spacial score (nSPS) is 29.2. The molecule has 0 N–H and O–H groups in total. The summed E-state index contributed by atoms with van der Waals surface area (Å²) in [5, 5.41) is 0. The highest BCUT2D eigenvalue weighted by Crippen LogP contribution is 2.09. The van der Waals surface area contributed by atoms with Gasteiger partial charge in [-0.15, -0.1) is 0 Å². The van der Waals surface area contributed by atoms with Gasteiger partial charge in [0.05, 0.1) is 6.26 Å². The van der Waals surface area contributed by atoms with Crippen LogP contribution in [0.25, 0.3) is 0 Å². The summed E-state index contributed by atoms with van der Waals surface area (Å²) in [5.41, 5.74) is 0. The Morgan fingerprint density at radius 2 is 2.15 bits per heavy atom. The molecule has 1 unspecified atom stereocenters. The summed E-state index contributed by atoms with van der Waals surface area (Å²) >= 11 is 0. The van der Waals surface area contributed by atoms with E-state index >= 15 is 0 Å². The van der Waals surface area contributed by atoms with E-state index in [1.54, 1.807) is 6.08 Å². The Kier molecular flexibility index (Phi) is 3.43. The van der Waals surface area contributed by atoms with Gasteiger partial charge in [-0.2, -0.15) is 0 Å². The van der Waals surface area contributed by atoms with E-state index in [9.17, 15) is 9.59 Å². The van der Waals surface area contributed by atoms with Crippen LogP contribution in [0.5, 0.6) is 0 Å². The van der Waals surface area contributed by atoms with E-state index in [2.05, 4.69) is 4.74 Å². The van der Waals surface area contributed by atoms with Crippen molar-refractivity contribution in [2.24, 2.45) is 5.92 Å². The van der Waals surface area contributed by atoms with Crippen LogP contribution in [-0.4, -0.2) is 11.8 Å². The monoisotopic (exact) mass is 180 g/mol. The summed E-state index contributed by atoms with van der Waals surface area (Å²) in [5.74, 6) is -0.263. The summed E-state index contributed by atoms with van der Waals surface area (Å²) in [6.07, 6.45) is 6.86. The van der Waals surface area contributed by atoms with Crippen LogP contribution in [-0.2, 0) is 14.3 Å². The molecule has 0 saturated carbocycles. The Morgan fingerprint density at radius 1 is 1.38 bits per heavy atom. The van der Waals surface area contributed by atoms with Crippen molar-refractivity contribution in [3.8, 4) is 0 Å². The Morgan fingerprint density at radius 3 is 2.92 bits per heavy atom. The van der Waals surface area contributed by atoms with Crippen LogP contribution in [0.4, 0.5) is 0 Å². The number of ketones is 1. The van der Waals surface area contributed by atoms with Crippen molar-refractivity contribution in [1.82, 2.24) is 0 Å². The first-order valence-corrected chi connectivity index (χ1v) is 4.26. The molecule has 0 fully saturated rings. The summed E-state index contributed by atoms with van der Waals surface area (Å²) in [7, 11) is 0. The van der Waals surface area contributed by atoms with Gasteiger partial charge in [0.25, 0.3) is 0 Å². The quantitative estimate of drug-likeness (QED) is 0.532. The van der Waals surface area contributed by atoms with Gasteiger partial charge in [-0.1, -0.05) is 6.92 Å². The van der Waals surface area contributed by atoms with Crippen molar-refractivity contribution in [2.75, 3.05) is 0 Å². The van der Waals surface area contributed by atoms with E-state index in [0.717, 1.165) is 12.5 Å². The molecule has 0 saturated heterocycles. The molecule has 70 valence electrons. The Labute approximate surface area is 77.1 Å². The number of allylic oxidation sites excluding steroid dienone is 2. The highest BCUT2D eigenvalue weighted by Gasteiger charge is 2.05. The molecule has 1 atom stereocenters. The molecule has 0 bridgehead atoms. The van der Waals surface area contributed by atoms with Crippen molar-refractivity contribution in [3.63, 3.8) is 0 Å². The summed E-state index contributed by atoms with van der Waals surface area (Å²) < 4.78 is 4.68.